The van der Waals surface area contributed by atoms with E-state index in [1.54, 1.807) is 22.7 Å². The van der Waals surface area contributed by atoms with E-state index in [9.17, 15) is 0 Å². The van der Waals surface area contributed by atoms with E-state index in [4.69, 9.17) is 4.98 Å². The van der Waals surface area contributed by atoms with Crippen LogP contribution in [0.5, 0.6) is 0 Å². The van der Waals surface area contributed by atoms with Crippen molar-refractivity contribution in [1.29, 1.82) is 0 Å². The summed E-state index contributed by atoms with van der Waals surface area (Å²) in [4.78, 5) is 11.6. The molecule has 0 spiro atoms. The second-order valence-corrected chi connectivity index (χ2v) is 7.11. The largest absolute Gasteiger partial charge is 0.289 e. The molecule has 0 aliphatic rings. The molecule has 0 radical (unpaired) electrons. The molecule has 0 unspecified atom stereocenters. The van der Waals surface area contributed by atoms with Gasteiger partial charge in [-0.3, -0.25) is 9.88 Å². The minimum atomic E-state index is 0.452. The van der Waals surface area contributed by atoms with Gasteiger partial charge in [0, 0.05) is 41.7 Å². The molecule has 0 aliphatic heterocycles. The van der Waals surface area contributed by atoms with Gasteiger partial charge in [0.1, 0.15) is 5.01 Å². The Morgan fingerprint density at radius 3 is 2.64 bits per heavy atom. The van der Waals surface area contributed by atoms with Gasteiger partial charge in [-0.25, -0.2) is 4.98 Å². The number of hydrogen-bond acceptors (Lipinski definition) is 5. The van der Waals surface area contributed by atoms with E-state index in [0.29, 0.717) is 6.04 Å². The normalized spacial score (nSPS) is 11.5. The monoisotopic (exact) mass is 329 g/mol. The Labute approximate surface area is 139 Å². The third-order valence-corrected chi connectivity index (χ3v) is 5.13. The van der Waals surface area contributed by atoms with Gasteiger partial charge in [-0.05, 0) is 37.4 Å². The molecule has 0 saturated heterocycles. The molecule has 3 aromatic rings. The lowest BCUT2D eigenvalue weighted by molar-refractivity contribution is 0.199. The molecule has 3 aromatic heterocycles. The van der Waals surface area contributed by atoms with Crippen molar-refractivity contribution >= 4 is 22.7 Å². The Balaban J connectivity index is 1.71. The molecule has 0 fully saturated rings. The lowest BCUT2D eigenvalue weighted by atomic mass is 10.2. The average Bonchev–Trinajstić information content (AvgIpc) is 3.18. The number of thiophene rings is 1. The van der Waals surface area contributed by atoms with Crippen LogP contribution in [0.1, 0.15) is 25.2 Å². The van der Waals surface area contributed by atoms with Gasteiger partial charge < -0.3 is 0 Å². The van der Waals surface area contributed by atoms with Crippen molar-refractivity contribution in [3.63, 3.8) is 0 Å². The van der Waals surface area contributed by atoms with E-state index in [1.807, 2.05) is 18.3 Å². The second-order valence-electron chi connectivity index (χ2n) is 5.48. The number of hydrogen-bond donors (Lipinski definition) is 0. The van der Waals surface area contributed by atoms with Gasteiger partial charge in [0.2, 0.25) is 0 Å². The van der Waals surface area contributed by atoms with E-state index in [1.165, 1.54) is 5.56 Å². The van der Waals surface area contributed by atoms with Crippen LogP contribution in [0.25, 0.3) is 10.6 Å². The lowest BCUT2D eigenvalue weighted by Crippen LogP contribution is -2.30. The van der Waals surface area contributed by atoms with Crippen LogP contribution < -0.4 is 0 Å². The van der Waals surface area contributed by atoms with E-state index in [2.05, 4.69) is 52.0 Å². The van der Waals surface area contributed by atoms with Crippen molar-refractivity contribution in [3.05, 3.63) is 58.0 Å². The van der Waals surface area contributed by atoms with Gasteiger partial charge in [-0.1, -0.05) is 6.07 Å². The van der Waals surface area contributed by atoms with E-state index in [-0.39, 0.29) is 0 Å². The standard InChI is InChI=1S/C17H19N3S2/c1-13(2)20(9-15-5-3-4-7-18-15)10-16-12-22-17(19-16)14-6-8-21-11-14/h3-8,11-13H,9-10H2,1-2H3. The highest BCUT2D eigenvalue weighted by Gasteiger charge is 2.14. The van der Waals surface area contributed by atoms with Crippen LogP contribution in [0.2, 0.25) is 0 Å². The van der Waals surface area contributed by atoms with E-state index < -0.39 is 0 Å². The Hall–Kier alpha value is -1.56. The van der Waals surface area contributed by atoms with Crippen LogP contribution in [0, 0.1) is 0 Å². The van der Waals surface area contributed by atoms with Crippen LogP contribution in [0.3, 0.4) is 0 Å². The first-order valence-corrected chi connectivity index (χ1v) is 9.15. The number of rotatable bonds is 6. The summed E-state index contributed by atoms with van der Waals surface area (Å²) < 4.78 is 0. The molecule has 3 heterocycles. The Bertz CT molecular complexity index is 690. The summed E-state index contributed by atoms with van der Waals surface area (Å²) in [5.41, 5.74) is 3.46. The second kappa shape index (κ2) is 7.13. The maximum Gasteiger partial charge on any atom is 0.124 e. The number of pyridine rings is 1. The minimum Gasteiger partial charge on any atom is -0.289 e. The molecular formula is C17H19N3S2. The number of aromatic nitrogens is 2. The van der Waals surface area contributed by atoms with Crippen LogP contribution in [-0.4, -0.2) is 20.9 Å². The lowest BCUT2D eigenvalue weighted by Gasteiger charge is -2.25. The van der Waals surface area contributed by atoms with Gasteiger partial charge in [0.05, 0.1) is 11.4 Å². The molecule has 0 bridgehead atoms. The molecule has 0 atom stereocenters. The highest BCUT2D eigenvalue weighted by atomic mass is 32.1. The molecule has 5 heteroatoms. The highest BCUT2D eigenvalue weighted by Crippen LogP contribution is 2.26. The topological polar surface area (TPSA) is 29.0 Å². The Morgan fingerprint density at radius 1 is 1.09 bits per heavy atom. The predicted molar refractivity (Wildman–Crippen MR) is 94.0 cm³/mol. The third-order valence-electron chi connectivity index (χ3n) is 3.51. The first-order valence-electron chi connectivity index (χ1n) is 7.33. The van der Waals surface area contributed by atoms with Crippen molar-refractivity contribution in [3.8, 4) is 10.6 Å². The molecule has 3 nitrogen and oxygen atoms in total. The van der Waals surface area contributed by atoms with Gasteiger partial charge in [0.25, 0.3) is 0 Å². The summed E-state index contributed by atoms with van der Waals surface area (Å²) in [7, 11) is 0. The zero-order chi connectivity index (χ0) is 15.4. The molecule has 0 amide bonds. The van der Waals surface area contributed by atoms with Crippen molar-refractivity contribution in [2.24, 2.45) is 0 Å². The van der Waals surface area contributed by atoms with Gasteiger partial charge >= 0.3 is 0 Å². The summed E-state index contributed by atoms with van der Waals surface area (Å²) in [6.45, 7) is 6.14. The Kier molecular flexibility index (Phi) is 4.97. The van der Waals surface area contributed by atoms with Crippen LogP contribution >= 0.6 is 22.7 Å². The van der Waals surface area contributed by atoms with Crippen molar-refractivity contribution in [1.82, 2.24) is 14.9 Å². The fraction of sp³-hybridized carbons (Fsp3) is 0.294. The van der Waals surface area contributed by atoms with Gasteiger partial charge in [0.15, 0.2) is 0 Å². The smallest absolute Gasteiger partial charge is 0.124 e. The zero-order valence-corrected chi connectivity index (χ0v) is 14.4. The van der Waals surface area contributed by atoms with E-state index in [0.717, 1.165) is 29.5 Å². The number of nitrogens with zero attached hydrogens (tertiary/aromatic N) is 3. The summed E-state index contributed by atoms with van der Waals surface area (Å²) in [5.74, 6) is 0. The van der Waals surface area contributed by atoms with Crippen LogP contribution in [0.4, 0.5) is 0 Å². The highest BCUT2D eigenvalue weighted by molar-refractivity contribution is 7.14. The van der Waals surface area contributed by atoms with Gasteiger partial charge in [-0.2, -0.15) is 11.3 Å². The molecular weight excluding hydrogens is 310 g/mol. The molecule has 3 rings (SSSR count). The summed E-state index contributed by atoms with van der Waals surface area (Å²) in [5, 5.41) is 7.52. The fourth-order valence-electron chi connectivity index (χ4n) is 2.23. The average molecular weight is 329 g/mol. The van der Waals surface area contributed by atoms with Crippen molar-refractivity contribution < 1.29 is 0 Å². The summed E-state index contributed by atoms with van der Waals surface area (Å²) in [6.07, 6.45) is 1.85. The molecule has 0 aromatic carbocycles. The maximum absolute atomic E-state index is 4.78. The predicted octanol–water partition coefficient (Wildman–Crippen LogP) is 4.68. The first-order chi connectivity index (χ1) is 10.7. The molecule has 22 heavy (non-hydrogen) atoms. The van der Waals surface area contributed by atoms with Gasteiger partial charge in [-0.15, -0.1) is 11.3 Å². The Morgan fingerprint density at radius 2 is 1.95 bits per heavy atom. The maximum atomic E-state index is 4.78. The zero-order valence-electron chi connectivity index (χ0n) is 12.8. The summed E-state index contributed by atoms with van der Waals surface area (Å²) >= 11 is 3.43. The summed E-state index contributed by atoms with van der Waals surface area (Å²) in [6, 6.07) is 8.65. The third kappa shape index (κ3) is 3.80. The van der Waals surface area contributed by atoms with E-state index >= 15 is 0 Å². The fourth-order valence-corrected chi connectivity index (χ4v) is 3.75. The van der Waals surface area contributed by atoms with Crippen molar-refractivity contribution in [2.45, 2.75) is 33.0 Å². The first kappa shape index (κ1) is 15.3. The molecule has 0 saturated carbocycles. The van der Waals surface area contributed by atoms with Crippen LogP contribution in [0.15, 0.2) is 46.6 Å². The quantitative estimate of drug-likeness (QED) is 0.657. The molecule has 0 aliphatic carbocycles. The van der Waals surface area contributed by atoms with Crippen molar-refractivity contribution in [2.75, 3.05) is 0 Å². The SMILES string of the molecule is CC(C)N(Cc1ccccn1)Cc1csc(-c2ccsc2)n1. The number of thiazole rings is 1. The minimum absolute atomic E-state index is 0.452. The van der Waals surface area contributed by atoms with Crippen LogP contribution in [-0.2, 0) is 13.1 Å². The molecule has 0 N–H and O–H groups in total. The molecule has 114 valence electrons.